The van der Waals surface area contributed by atoms with E-state index in [1.807, 2.05) is 0 Å². The van der Waals surface area contributed by atoms with Crippen LogP contribution in [0.15, 0.2) is 0 Å². The Morgan fingerprint density at radius 1 is 1.33 bits per heavy atom. The molecule has 1 amide bonds. The number of carbonyl (C=O) groups excluding carboxylic acids is 1. The van der Waals surface area contributed by atoms with Crippen molar-refractivity contribution >= 4 is 29.4 Å². The molecule has 0 spiro atoms. The van der Waals surface area contributed by atoms with E-state index < -0.39 is 50.0 Å². The molecular formula is C10H20AsNO5S. The number of rotatable bonds is 4. The zero-order chi connectivity index (χ0) is 13.9. The quantitative estimate of drug-likeness (QED) is 0.485. The topological polar surface area (TPSA) is 99.0 Å². The fraction of sp³-hybridized carbons (Fsp3) is 0.900. The molecule has 5 atom stereocenters. The van der Waals surface area contributed by atoms with Gasteiger partial charge >= 0.3 is 114 Å². The summed E-state index contributed by atoms with van der Waals surface area (Å²) in [6, 6.07) is -0.990. The molecule has 1 aliphatic heterocycles. The molecule has 8 heteroatoms. The number of amides is 1. The van der Waals surface area contributed by atoms with Crippen LogP contribution in [0, 0.1) is 0 Å². The first kappa shape index (κ1) is 16.3. The SMILES string of the molecule is CC(=O)N[C@H]1[C@@H](O)[C@H](O)[C@@H](CS[As](C)C)O[C@@H]1O. The van der Waals surface area contributed by atoms with Crippen LogP contribution in [-0.4, -0.2) is 71.1 Å². The van der Waals surface area contributed by atoms with Gasteiger partial charge in [0.25, 0.3) is 0 Å². The third kappa shape index (κ3) is 4.40. The van der Waals surface area contributed by atoms with E-state index >= 15 is 0 Å². The van der Waals surface area contributed by atoms with Gasteiger partial charge in [0.1, 0.15) is 0 Å². The van der Waals surface area contributed by atoms with Crippen LogP contribution in [0.25, 0.3) is 0 Å². The van der Waals surface area contributed by atoms with Crippen molar-refractivity contribution in [1.29, 1.82) is 0 Å². The Morgan fingerprint density at radius 3 is 2.44 bits per heavy atom. The first-order valence-electron chi connectivity index (χ1n) is 5.60. The summed E-state index contributed by atoms with van der Waals surface area (Å²) in [7, 11) is 1.71. The molecule has 6 nitrogen and oxygen atoms in total. The molecule has 0 unspecified atom stereocenters. The normalized spacial score (nSPS) is 36.7. The molecule has 0 aromatic heterocycles. The summed E-state index contributed by atoms with van der Waals surface area (Å²) >= 11 is -0.917. The Bertz CT molecular complexity index is 293. The van der Waals surface area contributed by atoms with Crippen molar-refractivity contribution in [2.75, 3.05) is 5.75 Å². The van der Waals surface area contributed by atoms with Crippen LogP contribution in [0.4, 0.5) is 0 Å². The molecule has 4 N–H and O–H groups in total. The molecule has 1 rings (SSSR count). The van der Waals surface area contributed by atoms with Crippen molar-refractivity contribution < 1.29 is 24.9 Å². The summed E-state index contributed by atoms with van der Waals surface area (Å²) in [5.41, 5.74) is 4.31. The number of aliphatic hydroxyl groups excluding tert-OH is 3. The maximum atomic E-state index is 10.9. The van der Waals surface area contributed by atoms with E-state index in [4.69, 9.17) is 4.74 Å². The van der Waals surface area contributed by atoms with E-state index in [0.717, 1.165) is 0 Å². The molecule has 1 aliphatic rings. The number of hydrogen-bond donors (Lipinski definition) is 4. The average molecular weight is 341 g/mol. The van der Waals surface area contributed by atoms with Crippen LogP contribution < -0.4 is 5.32 Å². The monoisotopic (exact) mass is 341 g/mol. The van der Waals surface area contributed by atoms with Crippen molar-refractivity contribution in [2.24, 2.45) is 0 Å². The summed E-state index contributed by atoms with van der Waals surface area (Å²) in [5, 5.41) is 31.9. The van der Waals surface area contributed by atoms with Crippen molar-refractivity contribution in [1.82, 2.24) is 5.32 Å². The number of carbonyl (C=O) groups is 1. The molecule has 0 saturated carbocycles. The molecule has 1 saturated heterocycles. The standard InChI is InChI=1S/C10H20AsNO5S/c1-5(13)12-7-9(15)8(14)6(17-10(7)16)4-18-11(2)3/h6-10,14-16H,4H2,1-3H3,(H,12,13)/t6-,7+,8-,9-,10+/m1/s1. The van der Waals surface area contributed by atoms with Crippen molar-refractivity contribution in [3.8, 4) is 0 Å². The van der Waals surface area contributed by atoms with Gasteiger partial charge in [0.2, 0.25) is 0 Å². The van der Waals surface area contributed by atoms with Gasteiger partial charge in [-0.05, 0) is 0 Å². The van der Waals surface area contributed by atoms with E-state index in [0.29, 0.717) is 5.75 Å². The van der Waals surface area contributed by atoms with E-state index in [2.05, 4.69) is 16.7 Å². The van der Waals surface area contributed by atoms with Gasteiger partial charge in [-0.25, -0.2) is 0 Å². The van der Waals surface area contributed by atoms with Crippen molar-refractivity contribution in [2.45, 2.75) is 49.0 Å². The first-order chi connectivity index (χ1) is 8.32. The summed E-state index contributed by atoms with van der Waals surface area (Å²) in [6.07, 6.45) is -4.24. The first-order valence-corrected chi connectivity index (χ1v) is 12.6. The van der Waals surface area contributed by atoms with Crippen LogP contribution >= 0.6 is 10.0 Å². The van der Waals surface area contributed by atoms with Gasteiger partial charge in [-0.15, -0.1) is 0 Å². The molecule has 1 fully saturated rings. The fourth-order valence-electron chi connectivity index (χ4n) is 1.70. The van der Waals surface area contributed by atoms with E-state index in [1.165, 1.54) is 6.92 Å². The Balaban J connectivity index is 2.61. The number of ether oxygens (including phenoxy) is 1. The molecule has 0 aliphatic carbocycles. The predicted octanol–water partition coefficient (Wildman–Crippen LogP) is -1.09. The average Bonchev–Trinajstić information content (AvgIpc) is 2.27. The van der Waals surface area contributed by atoms with E-state index in [1.54, 1.807) is 10.0 Å². The Morgan fingerprint density at radius 2 is 1.94 bits per heavy atom. The minimum atomic E-state index is -1.30. The predicted molar refractivity (Wildman–Crippen MR) is 70.4 cm³/mol. The van der Waals surface area contributed by atoms with Gasteiger partial charge in [-0.1, -0.05) is 0 Å². The molecular weight excluding hydrogens is 321 g/mol. The van der Waals surface area contributed by atoms with Gasteiger partial charge in [-0.2, -0.15) is 0 Å². The van der Waals surface area contributed by atoms with Gasteiger partial charge in [0, 0.05) is 0 Å². The van der Waals surface area contributed by atoms with Crippen LogP contribution in [0.2, 0.25) is 11.4 Å². The Labute approximate surface area is 114 Å². The second-order valence-corrected chi connectivity index (χ2v) is 13.8. The molecule has 0 aromatic rings. The van der Waals surface area contributed by atoms with Crippen molar-refractivity contribution in [3.05, 3.63) is 0 Å². The Kier molecular flexibility index (Phi) is 6.44. The minimum absolute atomic E-state index is 0.392. The fourth-order valence-corrected chi connectivity index (χ4v) is 5.22. The Hall–Kier alpha value is 0.218. The third-order valence-corrected chi connectivity index (χ3v) is 7.77. The van der Waals surface area contributed by atoms with E-state index in [-0.39, 0.29) is 0 Å². The molecule has 18 heavy (non-hydrogen) atoms. The van der Waals surface area contributed by atoms with Gasteiger partial charge in [-0.3, -0.25) is 0 Å². The summed E-state index contributed by atoms with van der Waals surface area (Å²) in [6.45, 7) is 1.28. The zero-order valence-electron chi connectivity index (χ0n) is 10.6. The van der Waals surface area contributed by atoms with Crippen molar-refractivity contribution in [3.63, 3.8) is 0 Å². The molecule has 0 radical (unpaired) electrons. The number of hydrogen-bond acceptors (Lipinski definition) is 6. The maximum absolute atomic E-state index is 10.9. The van der Waals surface area contributed by atoms with Crippen LogP contribution in [0.1, 0.15) is 6.92 Å². The zero-order valence-corrected chi connectivity index (χ0v) is 13.3. The van der Waals surface area contributed by atoms with Crippen LogP contribution in [0.3, 0.4) is 0 Å². The number of nitrogens with one attached hydrogen (secondary N) is 1. The van der Waals surface area contributed by atoms with Crippen LogP contribution in [-0.2, 0) is 9.53 Å². The second kappa shape index (κ2) is 7.12. The van der Waals surface area contributed by atoms with Gasteiger partial charge < -0.3 is 0 Å². The summed E-state index contributed by atoms with van der Waals surface area (Å²) in [5.74, 6) is 0.145. The van der Waals surface area contributed by atoms with Gasteiger partial charge in [0.05, 0.1) is 0 Å². The molecule has 0 aromatic carbocycles. The third-order valence-electron chi connectivity index (χ3n) is 2.59. The molecule has 106 valence electrons. The van der Waals surface area contributed by atoms with E-state index in [9.17, 15) is 20.1 Å². The summed E-state index contributed by atoms with van der Waals surface area (Å²) in [4.78, 5) is 10.9. The second-order valence-electron chi connectivity index (χ2n) is 4.38. The summed E-state index contributed by atoms with van der Waals surface area (Å²) < 4.78 is 5.27. The molecule has 1 heterocycles. The number of aliphatic hydroxyl groups is 3. The molecule has 0 bridgehead atoms. The van der Waals surface area contributed by atoms with Gasteiger partial charge in [0.15, 0.2) is 0 Å². The van der Waals surface area contributed by atoms with Crippen LogP contribution in [0.5, 0.6) is 0 Å².